The Bertz CT molecular complexity index is 429. The van der Waals surface area contributed by atoms with Crippen LogP contribution in [0.3, 0.4) is 0 Å². The number of hydrogen-bond donors (Lipinski definition) is 1. The molecule has 1 spiro atoms. The van der Waals surface area contributed by atoms with Crippen molar-refractivity contribution in [2.24, 2.45) is 0 Å². The van der Waals surface area contributed by atoms with Crippen molar-refractivity contribution < 1.29 is 14.6 Å². The van der Waals surface area contributed by atoms with Gasteiger partial charge in [-0.25, -0.2) is 0 Å². The summed E-state index contributed by atoms with van der Waals surface area (Å²) in [6.45, 7) is 0.858. The van der Waals surface area contributed by atoms with Gasteiger partial charge in [-0.1, -0.05) is 12.1 Å². The molecule has 0 aliphatic carbocycles. The van der Waals surface area contributed by atoms with Crippen molar-refractivity contribution in [3.05, 3.63) is 29.8 Å². The second kappa shape index (κ2) is 5.73. The molecule has 1 aromatic rings. The lowest BCUT2D eigenvalue weighted by Gasteiger charge is -2.37. The van der Waals surface area contributed by atoms with Gasteiger partial charge in [-0.15, -0.1) is 0 Å². The van der Waals surface area contributed by atoms with E-state index in [0.717, 1.165) is 42.9 Å². The summed E-state index contributed by atoms with van der Waals surface area (Å²) >= 11 is 1.98. The van der Waals surface area contributed by atoms with E-state index in [4.69, 9.17) is 14.6 Å². The van der Waals surface area contributed by atoms with E-state index in [1.54, 1.807) is 0 Å². The summed E-state index contributed by atoms with van der Waals surface area (Å²) < 4.78 is 12.1. The highest BCUT2D eigenvalue weighted by molar-refractivity contribution is 7.99. The monoisotopic (exact) mass is 280 g/mol. The number of aliphatic hydroxyl groups is 1. The molecule has 2 aliphatic heterocycles. The molecule has 2 aliphatic rings. The van der Waals surface area contributed by atoms with Crippen LogP contribution in [0.1, 0.15) is 24.8 Å². The fourth-order valence-corrected chi connectivity index (χ4v) is 4.23. The maximum Gasteiger partial charge on any atom is 0.120 e. The number of ether oxygens (including phenoxy) is 2. The topological polar surface area (TPSA) is 38.7 Å². The van der Waals surface area contributed by atoms with Gasteiger partial charge in [-0.2, -0.15) is 11.8 Å². The number of aliphatic hydroxyl groups excluding tert-OH is 1. The molecule has 0 amide bonds. The van der Waals surface area contributed by atoms with Crippen LogP contribution in [0.25, 0.3) is 0 Å². The summed E-state index contributed by atoms with van der Waals surface area (Å²) in [6, 6.07) is 7.73. The smallest absolute Gasteiger partial charge is 0.120 e. The molecule has 2 fully saturated rings. The normalized spacial score (nSPS) is 30.7. The van der Waals surface area contributed by atoms with Crippen molar-refractivity contribution in [2.45, 2.75) is 37.6 Å². The summed E-state index contributed by atoms with van der Waals surface area (Å²) in [5.74, 6) is 3.16. The van der Waals surface area contributed by atoms with Gasteiger partial charge in [0.05, 0.1) is 18.8 Å². The zero-order chi connectivity index (χ0) is 13.1. The minimum atomic E-state index is 0.0577. The fraction of sp³-hybridized carbons (Fsp3) is 0.600. The van der Waals surface area contributed by atoms with E-state index in [-0.39, 0.29) is 18.3 Å². The molecule has 4 heteroatoms. The maximum absolute atomic E-state index is 9.16. The van der Waals surface area contributed by atoms with Crippen LogP contribution in [0, 0.1) is 0 Å². The van der Waals surface area contributed by atoms with Crippen molar-refractivity contribution in [3.63, 3.8) is 0 Å². The van der Waals surface area contributed by atoms with Gasteiger partial charge in [0.2, 0.25) is 0 Å². The van der Waals surface area contributed by atoms with Crippen molar-refractivity contribution in [1.82, 2.24) is 0 Å². The van der Waals surface area contributed by atoms with Crippen LogP contribution >= 0.6 is 11.8 Å². The average Bonchev–Trinajstić information content (AvgIpc) is 2.87. The van der Waals surface area contributed by atoms with Crippen LogP contribution in [0.5, 0.6) is 5.75 Å². The van der Waals surface area contributed by atoms with Crippen LogP contribution in [-0.2, 0) is 11.3 Å². The number of hydrogen-bond acceptors (Lipinski definition) is 4. The second-order valence-corrected chi connectivity index (χ2v) is 6.48. The zero-order valence-electron chi connectivity index (χ0n) is 11.0. The molecule has 0 radical (unpaired) electrons. The van der Waals surface area contributed by atoms with Gasteiger partial charge in [0.1, 0.15) is 11.9 Å². The minimum Gasteiger partial charge on any atom is -0.490 e. The Balaban J connectivity index is 1.65. The molecule has 2 unspecified atom stereocenters. The third-order valence-corrected chi connectivity index (χ3v) is 5.12. The fourth-order valence-electron chi connectivity index (χ4n) is 2.86. The van der Waals surface area contributed by atoms with E-state index in [0.29, 0.717) is 0 Å². The standard InChI is InChI=1S/C15H20O3S/c16-10-12-2-1-3-13(8-12)18-14-4-6-17-15(9-14)5-7-19-11-15/h1-3,8,14,16H,4-7,9-11H2. The molecular weight excluding hydrogens is 260 g/mol. The van der Waals surface area contributed by atoms with Crippen LogP contribution in [-0.4, -0.2) is 34.9 Å². The highest BCUT2D eigenvalue weighted by Crippen LogP contribution is 2.39. The molecule has 3 nitrogen and oxygen atoms in total. The minimum absolute atomic E-state index is 0.0577. The lowest BCUT2D eigenvalue weighted by Crippen LogP contribution is -2.43. The first-order valence-corrected chi connectivity index (χ1v) is 8.03. The van der Waals surface area contributed by atoms with Gasteiger partial charge in [0.25, 0.3) is 0 Å². The summed E-state index contributed by atoms with van der Waals surface area (Å²) in [7, 11) is 0. The van der Waals surface area contributed by atoms with Gasteiger partial charge in [-0.05, 0) is 29.9 Å². The first-order chi connectivity index (χ1) is 9.30. The van der Waals surface area contributed by atoms with E-state index in [1.165, 1.54) is 5.75 Å². The van der Waals surface area contributed by atoms with Crippen molar-refractivity contribution >= 4 is 11.8 Å². The molecule has 2 heterocycles. The van der Waals surface area contributed by atoms with Crippen LogP contribution < -0.4 is 4.74 Å². The summed E-state index contributed by atoms with van der Waals surface area (Å²) in [4.78, 5) is 0. The lowest BCUT2D eigenvalue weighted by molar-refractivity contribution is -0.0959. The Labute approximate surface area is 118 Å². The van der Waals surface area contributed by atoms with E-state index in [1.807, 2.05) is 36.0 Å². The molecule has 1 aromatic carbocycles. The van der Waals surface area contributed by atoms with E-state index in [2.05, 4.69) is 0 Å². The molecule has 0 bridgehead atoms. The summed E-state index contributed by atoms with van der Waals surface area (Å²) in [5, 5.41) is 9.16. The first-order valence-electron chi connectivity index (χ1n) is 6.88. The van der Waals surface area contributed by atoms with Crippen molar-refractivity contribution in [1.29, 1.82) is 0 Å². The number of rotatable bonds is 3. The lowest BCUT2D eigenvalue weighted by atomic mass is 9.91. The maximum atomic E-state index is 9.16. The summed E-state index contributed by atoms with van der Waals surface area (Å²) in [6.07, 6.45) is 3.33. The van der Waals surface area contributed by atoms with Crippen LogP contribution in [0.4, 0.5) is 0 Å². The third kappa shape index (κ3) is 3.07. The third-order valence-electron chi connectivity index (χ3n) is 3.90. The molecular formula is C15H20O3S. The Morgan fingerprint density at radius 2 is 2.42 bits per heavy atom. The molecule has 0 saturated carbocycles. The molecule has 1 N–H and O–H groups in total. The van der Waals surface area contributed by atoms with Crippen LogP contribution in [0.2, 0.25) is 0 Å². The average molecular weight is 280 g/mol. The molecule has 0 aromatic heterocycles. The number of thioether (sulfide) groups is 1. The Hall–Kier alpha value is -0.710. The van der Waals surface area contributed by atoms with E-state index >= 15 is 0 Å². The molecule has 104 valence electrons. The predicted molar refractivity (Wildman–Crippen MR) is 76.6 cm³/mol. The molecule has 2 saturated heterocycles. The Morgan fingerprint density at radius 3 is 3.21 bits per heavy atom. The largest absolute Gasteiger partial charge is 0.490 e. The van der Waals surface area contributed by atoms with Crippen molar-refractivity contribution in [3.8, 4) is 5.75 Å². The van der Waals surface area contributed by atoms with Gasteiger partial charge in [0.15, 0.2) is 0 Å². The first kappa shape index (κ1) is 13.3. The SMILES string of the molecule is OCc1cccc(OC2CCOC3(CCSC3)C2)c1. The molecule has 3 rings (SSSR count). The predicted octanol–water partition coefficient (Wildman–Crippen LogP) is 2.61. The van der Waals surface area contributed by atoms with E-state index < -0.39 is 0 Å². The van der Waals surface area contributed by atoms with Gasteiger partial charge in [-0.3, -0.25) is 0 Å². The highest BCUT2D eigenvalue weighted by atomic mass is 32.2. The van der Waals surface area contributed by atoms with Gasteiger partial charge in [0, 0.05) is 18.6 Å². The molecule has 2 atom stereocenters. The second-order valence-electron chi connectivity index (χ2n) is 5.37. The summed E-state index contributed by atoms with van der Waals surface area (Å²) in [5.41, 5.74) is 0.957. The van der Waals surface area contributed by atoms with Gasteiger partial charge >= 0.3 is 0 Å². The number of benzene rings is 1. The molecule has 19 heavy (non-hydrogen) atoms. The Kier molecular flexibility index (Phi) is 4.01. The Morgan fingerprint density at radius 1 is 1.47 bits per heavy atom. The van der Waals surface area contributed by atoms with Crippen molar-refractivity contribution in [2.75, 3.05) is 18.1 Å². The van der Waals surface area contributed by atoms with Gasteiger partial charge < -0.3 is 14.6 Å². The highest BCUT2D eigenvalue weighted by Gasteiger charge is 2.41. The van der Waals surface area contributed by atoms with Crippen LogP contribution in [0.15, 0.2) is 24.3 Å². The zero-order valence-corrected chi connectivity index (χ0v) is 11.8. The van der Waals surface area contributed by atoms with E-state index in [9.17, 15) is 0 Å². The quantitative estimate of drug-likeness (QED) is 0.924.